The summed E-state index contributed by atoms with van der Waals surface area (Å²) in [7, 11) is 0. The van der Waals surface area contributed by atoms with Gasteiger partial charge in [0.2, 0.25) is 0 Å². The van der Waals surface area contributed by atoms with Crippen molar-refractivity contribution in [2.45, 2.75) is 25.3 Å². The van der Waals surface area contributed by atoms with Gasteiger partial charge in [-0.05, 0) is 43.1 Å². The lowest BCUT2D eigenvalue weighted by molar-refractivity contribution is 0.163. The molecule has 2 heterocycles. The van der Waals surface area contributed by atoms with Crippen LogP contribution in [0.15, 0.2) is 66.7 Å². The summed E-state index contributed by atoms with van der Waals surface area (Å²) in [6, 6.07) is 20.9. The minimum absolute atomic E-state index is 0.396. The standard InChI is InChI=1S/C23H24ClN3/c24-20-13-11-19(12-14-20)21-17-22(26-25-21)23-10-4-5-15-27(23)16-6-9-18-7-2-1-3-8-18/h1-3,6-9,11-14,17,23H,4-5,10,15-16H2,(H,25,26). The van der Waals surface area contributed by atoms with E-state index < -0.39 is 0 Å². The molecule has 0 spiro atoms. The third kappa shape index (κ3) is 4.49. The molecule has 1 atom stereocenters. The number of halogens is 1. The number of hydrogen-bond donors (Lipinski definition) is 1. The second-order valence-corrected chi connectivity index (χ2v) is 7.47. The number of rotatable bonds is 5. The third-order valence-corrected chi connectivity index (χ3v) is 5.41. The molecule has 4 rings (SSSR count). The fraction of sp³-hybridized carbons (Fsp3) is 0.261. The lowest BCUT2D eigenvalue weighted by Crippen LogP contribution is -2.33. The van der Waals surface area contributed by atoms with Crippen LogP contribution in [0.1, 0.15) is 36.6 Å². The summed E-state index contributed by atoms with van der Waals surface area (Å²) in [5, 5.41) is 8.57. The summed E-state index contributed by atoms with van der Waals surface area (Å²) >= 11 is 6.00. The van der Waals surface area contributed by atoms with Crippen LogP contribution < -0.4 is 0 Å². The van der Waals surface area contributed by atoms with Crippen molar-refractivity contribution < 1.29 is 0 Å². The lowest BCUT2D eigenvalue weighted by atomic mass is 9.98. The van der Waals surface area contributed by atoms with Gasteiger partial charge in [-0.25, -0.2) is 0 Å². The molecule has 1 unspecified atom stereocenters. The Bertz CT molecular complexity index is 884. The molecule has 1 saturated heterocycles. The van der Waals surface area contributed by atoms with Gasteiger partial charge in [-0.1, -0.05) is 72.6 Å². The SMILES string of the molecule is Clc1ccc(-c2cc(C3CCCCN3CC=Cc3ccccc3)[nH]n2)cc1. The van der Waals surface area contributed by atoms with E-state index in [4.69, 9.17) is 11.6 Å². The van der Waals surface area contributed by atoms with Gasteiger partial charge in [-0.3, -0.25) is 10.00 Å². The highest BCUT2D eigenvalue weighted by Gasteiger charge is 2.24. The van der Waals surface area contributed by atoms with E-state index in [0.29, 0.717) is 6.04 Å². The maximum absolute atomic E-state index is 6.00. The molecular weight excluding hydrogens is 354 g/mol. The highest BCUT2D eigenvalue weighted by molar-refractivity contribution is 6.30. The Kier molecular flexibility index (Phi) is 5.71. The number of nitrogens with one attached hydrogen (secondary N) is 1. The monoisotopic (exact) mass is 377 g/mol. The number of H-pyrrole nitrogens is 1. The maximum Gasteiger partial charge on any atom is 0.0924 e. The molecule has 0 radical (unpaired) electrons. The van der Waals surface area contributed by atoms with E-state index in [-0.39, 0.29) is 0 Å². The number of likely N-dealkylation sites (tertiary alicyclic amines) is 1. The first-order chi connectivity index (χ1) is 13.3. The molecule has 2 aromatic carbocycles. The van der Waals surface area contributed by atoms with Crippen LogP contribution in [0.4, 0.5) is 0 Å². The zero-order valence-electron chi connectivity index (χ0n) is 15.3. The third-order valence-electron chi connectivity index (χ3n) is 5.16. The average Bonchev–Trinajstić information content (AvgIpc) is 3.20. The Morgan fingerprint density at radius 2 is 1.89 bits per heavy atom. The van der Waals surface area contributed by atoms with Gasteiger partial charge in [0.25, 0.3) is 0 Å². The Morgan fingerprint density at radius 3 is 2.70 bits per heavy atom. The van der Waals surface area contributed by atoms with E-state index in [2.05, 4.69) is 63.6 Å². The van der Waals surface area contributed by atoms with Crippen LogP contribution in [-0.4, -0.2) is 28.2 Å². The molecular formula is C23H24ClN3. The number of piperidine rings is 1. The molecule has 3 aromatic rings. The predicted molar refractivity (Wildman–Crippen MR) is 113 cm³/mol. The average molecular weight is 378 g/mol. The van der Waals surface area contributed by atoms with Gasteiger partial charge in [0, 0.05) is 17.1 Å². The topological polar surface area (TPSA) is 31.9 Å². The van der Waals surface area contributed by atoms with Gasteiger partial charge in [-0.15, -0.1) is 0 Å². The van der Waals surface area contributed by atoms with Crippen molar-refractivity contribution in [1.29, 1.82) is 0 Å². The van der Waals surface area contributed by atoms with Crippen LogP contribution in [0.3, 0.4) is 0 Å². The quantitative estimate of drug-likeness (QED) is 0.593. The van der Waals surface area contributed by atoms with Crippen molar-refractivity contribution >= 4 is 17.7 Å². The van der Waals surface area contributed by atoms with E-state index in [9.17, 15) is 0 Å². The summed E-state index contributed by atoms with van der Waals surface area (Å²) < 4.78 is 0. The highest BCUT2D eigenvalue weighted by atomic mass is 35.5. The minimum atomic E-state index is 0.396. The molecule has 1 aliphatic heterocycles. The Morgan fingerprint density at radius 1 is 1.07 bits per heavy atom. The van der Waals surface area contributed by atoms with Crippen molar-refractivity contribution in [2.75, 3.05) is 13.1 Å². The highest BCUT2D eigenvalue weighted by Crippen LogP contribution is 2.31. The molecule has 1 aromatic heterocycles. The second kappa shape index (κ2) is 8.55. The number of hydrogen-bond acceptors (Lipinski definition) is 2. The second-order valence-electron chi connectivity index (χ2n) is 7.03. The normalized spacial score (nSPS) is 18.2. The van der Waals surface area contributed by atoms with Crippen LogP contribution in [0, 0.1) is 0 Å². The Balaban J connectivity index is 1.47. The van der Waals surface area contributed by atoms with E-state index in [1.165, 1.54) is 30.5 Å². The van der Waals surface area contributed by atoms with Gasteiger partial charge < -0.3 is 0 Å². The van der Waals surface area contributed by atoms with Gasteiger partial charge in [0.1, 0.15) is 0 Å². The molecule has 0 amide bonds. The van der Waals surface area contributed by atoms with Gasteiger partial charge in [-0.2, -0.15) is 5.10 Å². The van der Waals surface area contributed by atoms with Crippen molar-refractivity contribution in [3.63, 3.8) is 0 Å². The van der Waals surface area contributed by atoms with Crippen molar-refractivity contribution in [2.24, 2.45) is 0 Å². The molecule has 27 heavy (non-hydrogen) atoms. The molecule has 1 N–H and O–H groups in total. The maximum atomic E-state index is 6.00. The summed E-state index contributed by atoms with van der Waals surface area (Å²) in [4.78, 5) is 2.54. The number of benzene rings is 2. The molecule has 0 aliphatic carbocycles. The van der Waals surface area contributed by atoms with Crippen LogP contribution in [0.5, 0.6) is 0 Å². The summed E-state index contributed by atoms with van der Waals surface area (Å²) in [5.74, 6) is 0. The van der Waals surface area contributed by atoms with Crippen LogP contribution in [0.25, 0.3) is 17.3 Å². The molecule has 3 nitrogen and oxygen atoms in total. The molecule has 1 aliphatic rings. The van der Waals surface area contributed by atoms with Gasteiger partial charge >= 0.3 is 0 Å². The van der Waals surface area contributed by atoms with Crippen LogP contribution in [-0.2, 0) is 0 Å². The van der Waals surface area contributed by atoms with E-state index in [1.807, 2.05) is 24.3 Å². The first-order valence-electron chi connectivity index (χ1n) is 9.56. The smallest absolute Gasteiger partial charge is 0.0924 e. The lowest BCUT2D eigenvalue weighted by Gasteiger charge is -2.34. The van der Waals surface area contributed by atoms with E-state index in [1.54, 1.807) is 0 Å². The minimum Gasteiger partial charge on any atom is -0.291 e. The first kappa shape index (κ1) is 18.0. The number of aromatic amines is 1. The van der Waals surface area contributed by atoms with Crippen molar-refractivity contribution in [3.8, 4) is 11.3 Å². The Hall–Kier alpha value is -2.36. The Labute approximate surface area is 165 Å². The predicted octanol–water partition coefficient (Wildman–Crippen LogP) is 5.97. The van der Waals surface area contributed by atoms with E-state index >= 15 is 0 Å². The molecule has 0 saturated carbocycles. The fourth-order valence-corrected chi connectivity index (χ4v) is 3.85. The summed E-state index contributed by atoms with van der Waals surface area (Å²) in [6.07, 6.45) is 8.16. The van der Waals surface area contributed by atoms with E-state index in [0.717, 1.165) is 29.4 Å². The van der Waals surface area contributed by atoms with Crippen LogP contribution >= 0.6 is 11.6 Å². The largest absolute Gasteiger partial charge is 0.291 e. The summed E-state index contributed by atoms with van der Waals surface area (Å²) in [5.41, 5.74) is 4.52. The van der Waals surface area contributed by atoms with Gasteiger partial charge in [0.15, 0.2) is 0 Å². The van der Waals surface area contributed by atoms with Gasteiger partial charge in [0.05, 0.1) is 17.4 Å². The first-order valence-corrected chi connectivity index (χ1v) is 9.94. The number of aromatic nitrogens is 2. The molecule has 138 valence electrons. The van der Waals surface area contributed by atoms with Crippen molar-refractivity contribution in [1.82, 2.24) is 15.1 Å². The van der Waals surface area contributed by atoms with Crippen molar-refractivity contribution in [3.05, 3.63) is 83.0 Å². The molecule has 1 fully saturated rings. The molecule has 4 heteroatoms. The van der Waals surface area contributed by atoms with Crippen LogP contribution in [0.2, 0.25) is 5.02 Å². The zero-order chi connectivity index (χ0) is 18.5. The zero-order valence-corrected chi connectivity index (χ0v) is 16.1. The molecule has 0 bridgehead atoms. The number of nitrogens with zero attached hydrogens (tertiary/aromatic N) is 2. The summed E-state index contributed by atoms with van der Waals surface area (Å²) in [6.45, 7) is 2.08. The fourth-order valence-electron chi connectivity index (χ4n) is 3.73.